The molecule has 0 aliphatic heterocycles. The fourth-order valence-corrected chi connectivity index (χ4v) is 3.71. The highest BCUT2D eigenvalue weighted by Crippen LogP contribution is 2.49. The largest absolute Gasteiger partial charge is 0.496 e. The van der Waals surface area contributed by atoms with Crippen LogP contribution >= 0.6 is 0 Å². The van der Waals surface area contributed by atoms with Gasteiger partial charge in [-0.05, 0) is 36.9 Å². The van der Waals surface area contributed by atoms with Crippen LogP contribution < -0.4 is 14.8 Å². The van der Waals surface area contributed by atoms with Crippen molar-refractivity contribution in [2.24, 2.45) is 5.41 Å². The summed E-state index contributed by atoms with van der Waals surface area (Å²) in [7, 11) is 3.48. The molecule has 1 aromatic rings. The molecule has 1 aromatic carbocycles. The van der Waals surface area contributed by atoms with E-state index < -0.39 is 0 Å². The van der Waals surface area contributed by atoms with Crippen molar-refractivity contribution in [2.45, 2.75) is 52.0 Å². The first kappa shape index (κ1) is 16.2. The van der Waals surface area contributed by atoms with Gasteiger partial charge in [-0.1, -0.05) is 39.2 Å². The summed E-state index contributed by atoms with van der Waals surface area (Å²) in [6.45, 7) is 5.52. The number of hydrogen-bond donors (Lipinski definition) is 1. The topological polar surface area (TPSA) is 30.5 Å². The molecule has 0 aromatic heterocycles. The van der Waals surface area contributed by atoms with Crippen molar-refractivity contribution in [3.8, 4) is 11.5 Å². The lowest BCUT2D eigenvalue weighted by molar-refractivity contribution is 0.141. The maximum absolute atomic E-state index is 5.63. The number of ether oxygens (including phenoxy) is 2. The Morgan fingerprint density at radius 1 is 1.10 bits per heavy atom. The van der Waals surface area contributed by atoms with Gasteiger partial charge in [-0.2, -0.15) is 0 Å². The van der Waals surface area contributed by atoms with Crippen LogP contribution in [0.25, 0.3) is 0 Å². The summed E-state index contributed by atoms with van der Waals surface area (Å²) >= 11 is 0. The molecule has 2 rings (SSSR count). The Morgan fingerprint density at radius 3 is 2.14 bits per heavy atom. The average molecular weight is 291 g/mol. The molecule has 1 aliphatic carbocycles. The number of nitrogens with one attached hydrogen (secondary N) is 1. The minimum Gasteiger partial charge on any atom is -0.496 e. The monoisotopic (exact) mass is 291 g/mol. The van der Waals surface area contributed by atoms with Crippen LogP contribution in [0.1, 0.15) is 57.6 Å². The first-order valence-electron chi connectivity index (χ1n) is 8.10. The van der Waals surface area contributed by atoms with Crippen molar-refractivity contribution in [1.82, 2.24) is 5.32 Å². The van der Waals surface area contributed by atoms with Gasteiger partial charge in [0, 0.05) is 6.04 Å². The van der Waals surface area contributed by atoms with Gasteiger partial charge in [-0.3, -0.25) is 0 Å². The zero-order chi connectivity index (χ0) is 15.3. The van der Waals surface area contributed by atoms with E-state index in [2.05, 4.69) is 19.2 Å². The third-order valence-corrected chi connectivity index (χ3v) is 4.86. The molecule has 3 heteroatoms. The van der Waals surface area contributed by atoms with E-state index in [0.717, 1.165) is 18.0 Å². The Balaban J connectivity index is 2.46. The fraction of sp³-hybridized carbons (Fsp3) is 0.667. The molecule has 0 heterocycles. The molecule has 3 nitrogen and oxygen atoms in total. The zero-order valence-corrected chi connectivity index (χ0v) is 13.9. The van der Waals surface area contributed by atoms with Crippen molar-refractivity contribution in [3.05, 3.63) is 23.8 Å². The van der Waals surface area contributed by atoms with Crippen LogP contribution in [0.2, 0.25) is 0 Å². The van der Waals surface area contributed by atoms with E-state index in [1.165, 1.54) is 37.7 Å². The lowest BCUT2D eigenvalue weighted by Crippen LogP contribution is -2.38. The van der Waals surface area contributed by atoms with E-state index in [1.54, 1.807) is 14.2 Å². The van der Waals surface area contributed by atoms with Crippen molar-refractivity contribution in [2.75, 3.05) is 20.8 Å². The smallest absolute Gasteiger partial charge is 0.127 e. The lowest BCUT2D eigenvalue weighted by atomic mass is 9.68. The Hall–Kier alpha value is -1.22. The van der Waals surface area contributed by atoms with Gasteiger partial charge in [0.05, 0.1) is 19.8 Å². The van der Waals surface area contributed by atoms with Crippen molar-refractivity contribution >= 4 is 0 Å². The van der Waals surface area contributed by atoms with E-state index in [9.17, 15) is 0 Å². The minimum atomic E-state index is 0.260. The zero-order valence-electron chi connectivity index (χ0n) is 13.9. The van der Waals surface area contributed by atoms with E-state index in [0.29, 0.717) is 0 Å². The van der Waals surface area contributed by atoms with Gasteiger partial charge in [0.15, 0.2) is 0 Å². The average Bonchev–Trinajstić information content (AvgIpc) is 2.52. The molecule has 118 valence electrons. The van der Waals surface area contributed by atoms with E-state index in [4.69, 9.17) is 9.47 Å². The molecule has 0 spiro atoms. The summed E-state index contributed by atoms with van der Waals surface area (Å²) in [5, 5.41) is 3.70. The van der Waals surface area contributed by atoms with Crippen LogP contribution in [0.15, 0.2) is 18.2 Å². The highest BCUT2D eigenvalue weighted by molar-refractivity contribution is 5.48. The molecule has 1 fully saturated rings. The van der Waals surface area contributed by atoms with E-state index >= 15 is 0 Å². The predicted molar refractivity (Wildman–Crippen MR) is 87.2 cm³/mol. The molecular formula is C18H29NO2. The maximum atomic E-state index is 5.63. The second-order valence-corrected chi connectivity index (χ2v) is 6.28. The third kappa shape index (κ3) is 3.34. The second-order valence-electron chi connectivity index (χ2n) is 6.28. The number of hydrogen-bond acceptors (Lipinski definition) is 3. The molecular weight excluding hydrogens is 262 g/mol. The normalized spacial score (nSPS) is 19.0. The highest BCUT2D eigenvalue weighted by Gasteiger charge is 2.38. The van der Waals surface area contributed by atoms with Crippen LogP contribution in [-0.2, 0) is 0 Å². The molecule has 1 aliphatic rings. The van der Waals surface area contributed by atoms with Crippen molar-refractivity contribution < 1.29 is 9.47 Å². The van der Waals surface area contributed by atoms with Gasteiger partial charge in [0.2, 0.25) is 0 Å². The Labute approximate surface area is 129 Å². The van der Waals surface area contributed by atoms with Crippen molar-refractivity contribution in [3.63, 3.8) is 0 Å². The van der Waals surface area contributed by atoms with Crippen LogP contribution in [-0.4, -0.2) is 20.8 Å². The molecule has 1 N–H and O–H groups in total. The van der Waals surface area contributed by atoms with Crippen LogP contribution in [0.4, 0.5) is 0 Å². The number of methoxy groups -OCH3 is 2. The third-order valence-electron chi connectivity index (χ3n) is 4.86. The van der Waals surface area contributed by atoms with Crippen molar-refractivity contribution in [1.29, 1.82) is 0 Å². The Kier molecular flexibility index (Phi) is 5.51. The molecule has 1 saturated carbocycles. The maximum Gasteiger partial charge on any atom is 0.127 e. The van der Waals surface area contributed by atoms with E-state index in [-0.39, 0.29) is 11.5 Å². The first-order valence-corrected chi connectivity index (χ1v) is 8.10. The van der Waals surface area contributed by atoms with Gasteiger partial charge in [0.1, 0.15) is 11.5 Å². The summed E-state index contributed by atoms with van der Waals surface area (Å²) in [4.78, 5) is 0. The van der Waals surface area contributed by atoms with E-state index in [1.807, 2.05) is 18.2 Å². The number of benzene rings is 1. The Bertz CT molecular complexity index is 430. The second kappa shape index (κ2) is 7.17. The lowest BCUT2D eigenvalue weighted by Gasteiger charge is -2.42. The van der Waals surface area contributed by atoms with Crippen LogP contribution in [0.3, 0.4) is 0 Å². The highest BCUT2D eigenvalue weighted by atomic mass is 16.5. The van der Waals surface area contributed by atoms with Gasteiger partial charge in [0.25, 0.3) is 0 Å². The molecule has 0 saturated heterocycles. The minimum absolute atomic E-state index is 0.260. The van der Waals surface area contributed by atoms with Gasteiger partial charge in [-0.15, -0.1) is 0 Å². The quantitative estimate of drug-likeness (QED) is 0.846. The standard InChI is InChI=1S/C18H29NO2/c1-5-19-17(18(2)12-7-6-8-13-18)16-14(20-3)10-9-11-15(16)21-4/h9-11,17,19H,5-8,12-13H2,1-4H3. The van der Waals surface area contributed by atoms with Crippen LogP contribution in [0.5, 0.6) is 11.5 Å². The summed E-state index contributed by atoms with van der Waals surface area (Å²) in [6.07, 6.45) is 6.50. The fourth-order valence-electron chi connectivity index (χ4n) is 3.71. The Morgan fingerprint density at radius 2 is 1.67 bits per heavy atom. The molecule has 1 unspecified atom stereocenters. The molecule has 0 bridgehead atoms. The van der Waals surface area contributed by atoms with Gasteiger partial charge in [-0.25, -0.2) is 0 Å². The molecule has 0 radical (unpaired) electrons. The SMILES string of the molecule is CCNC(c1c(OC)cccc1OC)C1(C)CCCCC1. The van der Waals surface area contributed by atoms with Gasteiger partial charge < -0.3 is 14.8 Å². The summed E-state index contributed by atoms with van der Waals surface area (Å²) in [5.74, 6) is 1.85. The molecule has 0 amide bonds. The predicted octanol–water partition coefficient (Wildman–Crippen LogP) is 4.32. The summed E-state index contributed by atoms with van der Waals surface area (Å²) in [6, 6.07) is 6.34. The summed E-state index contributed by atoms with van der Waals surface area (Å²) < 4.78 is 11.3. The number of rotatable bonds is 6. The van der Waals surface area contributed by atoms with Crippen LogP contribution in [0, 0.1) is 5.41 Å². The summed E-state index contributed by atoms with van der Waals surface area (Å²) in [5.41, 5.74) is 1.43. The molecule has 1 atom stereocenters. The first-order chi connectivity index (χ1) is 10.2. The van der Waals surface area contributed by atoms with Gasteiger partial charge >= 0.3 is 0 Å². The molecule has 21 heavy (non-hydrogen) atoms.